The van der Waals surface area contributed by atoms with Crippen LogP contribution in [0.2, 0.25) is 0 Å². The average molecular weight is 823 g/mol. The molecule has 0 saturated heterocycles. The number of aryl methyl sites for hydroxylation is 2. The van der Waals surface area contributed by atoms with E-state index in [9.17, 15) is 0 Å². The Kier molecular flexibility index (Phi) is 14.5. The molecule has 0 saturated carbocycles. The summed E-state index contributed by atoms with van der Waals surface area (Å²) in [7, 11) is 4.27. The second-order valence-electron chi connectivity index (χ2n) is 14.7. The molecule has 0 fully saturated rings. The Balaban J connectivity index is 0.00000278. The van der Waals surface area contributed by atoms with Gasteiger partial charge in [-0.3, -0.25) is 0 Å². The number of para-hydroxylation sites is 1. The fourth-order valence-electron chi connectivity index (χ4n) is 6.97. The Morgan fingerprint density at radius 1 is 0.714 bits per heavy atom. The van der Waals surface area contributed by atoms with E-state index in [1.54, 1.807) is 0 Å². The molecule has 0 amide bonds. The van der Waals surface area contributed by atoms with Crippen molar-refractivity contribution < 1.29 is 25.8 Å². The molecule has 0 bridgehead atoms. The predicted molar refractivity (Wildman–Crippen MR) is 210 cm³/mol. The van der Waals surface area contributed by atoms with Gasteiger partial charge in [0.15, 0.2) is 0 Å². The maximum atomic E-state index is 5.86. The van der Waals surface area contributed by atoms with Gasteiger partial charge < -0.3 is 29.3 Å². The van der Waals surface area contributed by atoms with Crippen LogP contribution in [0.1, 0.15) is 150 Å². The summed E-state index contributed by atoms with van der Waals surface area (Å²) in [5, 5.41) is 6.97. The third-order valence-corrected chi connectivity index (χ3v) is 9.77. The summed E-state index contributed by atoms with van der Waals surface area (Å²) in [5.41, 5.74) is 13.6. The molecule has 2 heterocycles. The van der Waals surface area contributed by atoms with E-state index < -0.39 is 0 Å². The number of hydrogen-bond acceptors (Lipinski definition) is 1. The Bertz CT molecular complexity index is 1800. The van der Waals surface area contributed by atoms with Crippen LogP contribution in [0.3, 0.4) is 0 Å². The van der Waals surface area contributed by atoms with E-state index in [0.717, 1.165) is 28.2 Å². The standard InChI is InChI=1S/C42H54N4.2CH3.Hf/c1-24(2)30-21-34(27(7)8)39(35(22-30)28(9)10)41(44-40-31(25(3)4)18-16-19-32(40)26(5)6)42-43-36(23-45(42)12)38-29(11)46(13)37-20-15-14-17-33(37)38;;;/h14-16,18-28,41H,1-13H3;2*1H3;/q-2;2*-1;+4. The monoisotopic (exact) mass is 824 g/mol. The Morgan fingerprint density at radius 2 is 1.24 bits per heavy atom. The van der Waals surface area contributed by atoms with Gasteiger partial charge in [-0.15, -0.1) is 35.3 Å². The van der Waals surface area contributed by atoms with E-state index in [1.165, 1.54) is 44.6 Å². The molecule has 5 heteroatoms. The van der Waals surface area contributed by atoms with Crippen molar-refractivity contribution >= 4 is 16.6 Å². The normalized spacial score (nSPS) is 12.1. The molecule has 5 aromatic rings. The van der Waals surface area contributed by atoms with Crippen LogP contribution < -0.4 is 0 Å². The fraction of sp³-hybridized carbons (Fsp3) is 0.432. The summed E-state index contributed by atoms with van der Waals surface area (Å²) >= 11 is 0. The molecule has 4 nitrogen and oxygen atoms in total. The van der Waals surface area contributed by atoms with Crippen LogP contribution in [0.4, 0.5) is 5.69 Å². The molecular formula is C44H60HfN4. The van der Waals surface area contributed by atoms with Gasteiger partial charge in [0.1, 0.15) is 0 Å². The molecule has 0 aliphatic carbocycles. The van der Waals surface area contributed by atoms with E-state index in [4.69, 9.17) is 10.3 Å². The zero-order valence-electron chi connectivity index (χ0n) is 32.9. The summed E-state index contributed by atoms with van der Waals surface area (Å²) in [4.78, 5) is 5.52. The SMILES string of the molecule is Cc1c(-c2cn(C)c(C([N-]c3c(C(C)C)cccc3C(C)C)c3c(C(C)C)cc(C(C)C)cc3C(C)C)n2)c2[c-]cccc2n1C.[CH3-].[CH3-].[Hf+4]. The van der Waals surface area contributed by atoms with E-state index in [1.807, 2.05) is 6.07 Å². The van der Waals surface area contributed by atoms with Crippen molar-refractivity contribution in [3.05, 3.63) is 126 Å². The number of aromatic nitrogens is 3. The van der Waals surface area contributed by atoms with Crippen molar-refractivity contribution in [3.63, 3.8) is 0 Å². The van der Waals surface area contributed by atoms with Crippen LogP contribution in [0.15, 0.2) is 54.7 Å². The van der Waals surface area contributed by atoms with E-state index in [2.05, 4.69) is 154 Å². The molecule has 0 spiro atoms. The van der Waals surface area contributed by atoms with Crippen LogP contribution in [0.25, 0.3) is 27.5 Å². The van der Waals surface area contributed by atoms with Gasteiger partial charge in [0.25, 0.3) is 0 Å². The summed E-state index contributed by atoms with van der Waals surface area (Å²) < 4.78 is 4.48. The number of nitrogens with zero attached hydrogens (tertiary/aromatic N) is 4. The molecule has 0 N–H and O–H groups in total. The molecule has 0 aliphatic rings. The van der Waals surface area contributed by atoms with Crippen molar-refractivity contribution in [2.45, 2.75) is 112 Å². The van der Waals surface area contributed by atoms with E-state index >= 15 is 0 Å². The number of fused-ring (bicyclic) bond motifs is 1. The third kappa shape index (κ3) is 8.03. The largest absolute Gasteiger partial charge is 4.00 e. The van der Waals surface area contributed by atoms with Crippen LogP contribution in [-0.2, 0) is 39.9 Å². The molecule has 1 unspecified atom stereocenters. The molecule has 1 atom stereocenters. The summed E-state index contributed by atoms with van der Waals surface area (Å²) in [6, 6.07) is 21.1. The van der Waals surface area contributed by atoms with Gasteiger partial charge in [0, 0.05) is 26.0 Å². The van der Waals surface area contributed by atoms with Gasteiger partial charge in [0.05, 0.1) is 5.82 Å². The minimum absolute atomic E-state index is 0. The Morgan fingerprint density at radius 3 is 1.73 bits per heavy atom. The minimum Gasteiger partial charge on any atom is -0.671 e. The van der Waals surface area contributed by atoms with Gasteiger partial charge in [-0.25, -0.2) is 4.98 Å². The molecule has 260 valence electrons. The first-order valence-electron chi connectivity index (χ1n) is 17.2. The van der Waals surface area contributed by atoms with Crippen LogP contribution in [-0.4, -0.2) is 14.1 Å². The predicted octanol–water partition coefficient (Wildman–Crippen LogP) is 13.0. The van der Waals surface area contributed by atoms with Crippen molar-refractivity contribution in [3.8, 4) is 11.3 Å². The summed E-state index contributed by atoms with van der Waals surface area (Å²) in [6.07, 6.45) is 2.20. The van der Waals surface area contributed by atoms with Gasteiger partial charge >= 0.3 is 25.8 Å². The average Bonchev–Trinajstić information content (AvgIpc) is 3.50. The molecule has 49 heavy (non-hydrogen) atoms. The maximum absolute atomic E-state index is 5.86. The molecule has 2 aromatic heterocycles. The molecule has 5 rings (SSSR count). The first-order valence-corrected chi connectivity index (χ1v) is 17.2. The van der Waals surface area contributed by atoms with Gasteiger partial charge in [-0.1, -0.05) is 116 Å². The zero-order valence-corrected chi connectivity index (χ0v) is 36.5. The second-order valence-corrected chi connectivity index (χ2v) is 14.7. The van der Waals surface area contributed by atoms with Gasteiger partial charge in [-0.05, 0) is 76.0 Å². The first-order chi connectivity index (χ1) is 21.7. The zero-order chi connectivity index (χ0) is 33.6. The minimum atomic E-state index is -0.272. The molecule has 0 radical (unpaired) electrons. The van der Waals surface area contributed by atoms with E-state index in [0.29, 0.717) is 29.6 Å². The van der Waals surface area contributed by atoms with Gasteiger partial charge in [-0.2, -0.15) is 0 Å². The van der Waals surface area contributed by atoms with Crippen molar-refractivity contribution in [2.75, 3.05) is 0 Å². The van der Waals surface area contributed by atoms with Crippen LogP contribution >= 0.6 is 0 Å². The second kappa shape index (κ2) is 16.9. The maximum Gasteiger partial charge on any atom is 4.00 e. The molecule has 3 aromatic carbocycles. The quantitative estimate of drug-likeness (QED) is 0.102. The number of rotatable bonds is 10. The van der Waals surface area contributed by atoms with Crippen molar-refractivity contribution in [1.82, 2.24) is 14.1 Å². The number of benzene rings is 3. The number of hydrogen-bond donors (Lipinski definition) is 0. The first kappa shape index (κ1) is 42.2. The van der Waals surface area contributed by atoms with Crippen molar-refractivity contribution in [2.24, 2.45) is 14.1 Å². The topological polar surface area (TPSA) is 36.9 Å². The Hall–Kier alpha value is -2.92. The van der Waals surface area contributed by atoms with Crippen molar-refractivity contribution in [1.29, 1.82) is 0 Å². The Labute approximate surface area is 317 Å². The summed E-state index contributed by atoms with van der Waals surface area (Å²) in [5.74, 6) is 2.78. The van der Waals surface area contributed by atoms with Crippen LogP contribution in [0.5, 0.6) is 0 Å². The van der Waals surface area contributed by atoms with E-state index in [-0.39, 0.29) is 46.7 Å². The van der Waals surface area contributed by atoms with Crippen LogP contribution in [0, 0.1) is 27.8 Å². The third-order valence-electron chi connectivity index (χ3n) is 9.77. The smallest absolute Gasteiger partial charge is 0.671 e. The molecule has 0 aliphatic heterocycles. The fourth-order valence-corrected chi connectivity index (χ4v) is 6.97. The van der Waals surface area contributed by atoms with Gasteiger partial charge in [0.2, 0.25) is 0 Å². The number of imidazole rings is 1. The summed E-state index contributed by atoms with van der Waals surface area (Å²) in [6.45, 7) is 25.2. The molecular weight excluding hydrogens is 763 g/mol.